The first-order chi connectivity index (χ1) is 11.5. The molecular formula is C20H30O5. The van der Waals surface area contributed by atoms with Crippen molar-refractivity contribution in [1.82, 2.24) is 0 Å². The summed E-state index contributed by atoms with van der Waals surface area (Å²) in [5.74, 6) is -0.628. The summed E-state index contributed by atoms with van der Waals surface area (Å²) in [5.41, 5.74) is -0.840. The van der Waals surface area contributed by atoms with Gasteiger partial charge in [-0.15, -0.1) is 0 Å². The number of carbonyl (C=O) groups excluding carboxylic acids is 1. The molecule has 4 aliphatic rings. The average Bonchev–Trinajstić information content (AvgIpc) is 2.80. The first-order valence-electron chi connectivity index (χ1n) is 9.54. The van der Waals surface area contributed by atoms with Gasteiger partial charge in [-0.2, -0.15) is 0 Å². The van der Waals surface area contributed by atoms with Gasteiger partial charge < -0.3 is 20.1 Å². The van der Waals surface area contributed by atoms with Crippen molar-refractivity contribution < 1.29 is 24.9 Å². The molecule has 5 nitrogen and oxygen atoms in total. The summed E-state index contributed by atoms with van der Waals surface area (Å²) < 4.78 is 5.40. The lowest BCUT2D eigenvalue weighted by Crippen LogP contribution is -2.71. The van der Waals surface area contributed by atoms with Crippen molar-refractivity contribution in [2.45, 2.75) is 83.7 Å². The van der Waals surface area contributed by atoms with Crippen molar-refractivity contribution in [2.75, 3.05) is 0 Å². The van der Waals surface area contributed by atoms with Gasteiger partial charge in [-0.3, -0.25) is 0 Å². The van der Waals surface area contributed by atoms with E-state index >= 15 is 0 Å². The van der Waals surface area contributed by atoms with E-state index in [1.54, 1.807) is 6.92 Å². The van der Waals surface area contributed by atoms with Gasteiger partial charge in [0, 0.05) is 17.1 Å². The molecule has 5 heteroatoms. The Morgan fingerprint density at radius 2 is 1.80 bits per heavy atom. The number of rotatable bonds is 0. The number of hydrogen-bond acceptors (Lipinski definition) is 5. The second kappa shape index (κ2) is 5.08. The van der Waals surface area contributed by atoms with Gasteiger partial charge in [-0.1, -0.05) is 27.2 Å². The monoisotopic (exact) mass is 350 g/mol. The Bertz CT molecular complexity index is 652. The minimum atomic E-state index is -1.40. The lowest BCUT2D eigenvalue weighted by molar-refractivity contribution is -0.259. The zero-order valence-corrected chi connectivity index (χ0v) is 15.6. The molecule has 3 N–H and O–H groups in total. The van der Waals surface area contributed by atoms with Crippen molar-refractivity contribution >= 4 is 5.97 Å². The van der Waals surface area contributed by atoms with Crippen molar-refractivity contribution in [3.63, 3.8) is 0 Å². The second-order valence-corrected chi connectivity index (χ2v) is 9.71. The molecule has 0 saturated heterocycles. The van der Waals surface area contributed by atoms with Crippen LogP contribution in [-0.4, -0.2) is 45.2 Å². The molecule has 0 aromatic rings. The van der Waals surface area contributed by atoms with Crippen LogP contribution in [0, 0.1) is 22.7 Å². The Hall–Kier alpha value is -0.910. The summed E-state index contributed by atoms with van der Waals surface area (Å²) in [6.07, 6.45) is 1.40. The van der Waals surface area contributed by atoms with Gasteiger partial charge in [-0.05, 0) is 49.4 Å². The SMILES string of the molecule is CC1=C2[C@H](OC1=O)[C@H](O)C1[C@]3(C)CCCC(C)(C)[C@H]3CC[C@@]1(O)[C@H]2O. The van der Waals surface area contributed by atoms with Gasteiger partial charge in [0.05, 0.1) is 0 Å². The van der Waals surface area contributed by atoms with Crippen LogP contribution in [0.4, 0.5) is 0 Å². The van der Waals surface area contributed by atoms with E-state index in [-0.39, 0.29) is 10.8 Å². The second-order valence-electron chi connectivity index (χ2n) is 9.71. The summed E-state index contributed by atoms with van der Waals surface area (Å²) >= 11 is 0. The van der Waals surface area contributed by atoms with Crippen LogP contribution in [0.15, 0.2) is 11.1 Å². The first kappa shape index (κ1) is 17.5. The molecule has 25 heavy (non-hydrogen) atoms. The summed E-state index contributed by atoms with van der Waals surface area (Å²) in [6.45, 7) is 8.31. The predicted octanol–water partition coefficient (Wildman–Crippen LogP) is 1.94. The first-order valence-corrected chi connectivity index (χ1v) is 9.54. The normalized spacial score (nSPS) is 51.5. The summed E-state index contributed by atoms with van der Waals surface area (Å²) in [4.78, 5) is 12.0. The van der Waals surface area contributed by atoms with E-state index in [1.165, 1.54) is 0 Å². The third-order valence-corrected chi connectivity index (χ3v) is 8.06. The summed E-state index contributed by atoms with van der Waals surface area (Å²) in [6, 6.07) is 0. The van der Waals surface area contributed by atoms with Crippen molar-refractivity contribution in [3.8, 4) is 0 Å². The molecular weight excluding hydrogens is 320 g/mol. The molecule has 0 amide bonds. The topological polar surface area (TPSA) is 87.0 Å². The lowest BCUT2D eigenvalue weighted by atomic mass is 9.42. The van der Waals surface area contributed by atoms with Crippen LogP contribution in [0.25, 0.3) is 0 Å². The zero-order valence-electron chi connectivity index (χ0n) is 15.6. The maximum atomic E-state index is 12.0. The number of carbonyl (C=O) groups is 1. The van der Waals surface area contributed by atoms with E-state index in [0.717, 1.165) is 25.7 Å². The Morgan fingerprint density at radius 3 is 2.48 bits per heavy atom. The van der Waals surface area contributed by atoms with E-state index in [4.69, 9.17) is 4.74 Å². The van der Waals surface area contributed by atoms with Crippen LogP contribution in [0.3, 0.4) is 0 Å². The van der Waals surface area contributed by atoms with Crippen LogP contribution < -0.4 is 0 Å². The number of fused-ring (bicyclic) bond motifs is 4. The van der Waals surface area contributed by atoms with Crippen LogP contribution in [-0.2, 0) is 9.53 Å². The number of aliphatic hydroxyl groups excluding tert-OH is 2. The highest BCUT2D eigenvalue weighted by Crippen LogP contribution is 2.65. The largest absolute Gasteiger partial charge is 0.452 e. The highest BCUT2D eigenvalue weighted by molar-refractivity contribution is 5.92. The van der Waals surface area contributed by atoms with Crippen LogP contribution in [0.1, 0.15) is 59.8 Å². The van der Waals surface area contributed by atoms with Gasteiger partial charge in [0.15, 0.2) is 6.10 Å². The molecule has 0 bridgehead atoms. The quantitative estimate of drug-likeness (QED) is 0.581. The Balaban J connectivity index is 1.84. The van der Waals surface area contributed by atoms with Crippen LogP contribution in [0.2, 0.25) is 0 Å². The molecule has 3 aliphatic carbocycles. The highest BCUT2D eigenvalue weighted by Gasteiger charge is 2.69. The molecule has 0 spiro atoms. The van der Waals surface area contributed by atoms with Crippen molar-refractivity contribution in [2.24, 2.45) is 22.7 Å². The van der Waals surface area contributed by atoms with E-state index in [9.17, 15) is 20.1 Å². The van der Waals surface area contributed by atoms with E-state index in [1.807, 2.05) is 0 Å². The molecule has 3 fully saturated rings. The number of hydrogen-bond donors (Lipinski definition) is 3. The van der Waals surface area contributed by atoms with Crippen molar-refractivity contribution in [1.29, 1.82) is 0 Å². The van der Waals surface area contributed by atoms with Crippen molar-refractivity contribution in [3.05, 3.63) is 11.1 Å². The molecule has 0 aromatic heterocycles. The maximum absolute atomic E-state index is 12.0. The third-order valence-electron chi connectivity index (χ3n) is 8.06. The van der Waals surface area contributed by atoms with Gasteiger partial charge in [0.25, 0.3) is 0 Å². The fourth-order valence-electron chi connectivity index (χ4n) is 7.01. The Morgan fingerprint density at radius 1 is 1.12 bits per heavy atom. The summed E-state index contributed by atoms with van der Waals surface area (Å²) in [5, 5.41) is 33.8. The Labute approximate surface area is 149 Å². The fraction of sp³-hybridized carbons (Fsp3) is 0.850. The maximum Gasteiger partial charge on any atom is 0.334 e. The molecule has 0 aromatic carbocycles. The number of aliphatic hydroxyl groups is 3. The van der Waals surface area contributed by atoms with Crippen LogP contribution >= 0.6 is 0 Å². The zero-order chi connectivity index (χ0) is 18.4. The smallest absolute Gasteiger partial charge is 0.334 e. The van der Waals surface area contributed by atoms with E-state index in [0.29, 0.717) is 23.5 Å². The van der Waals surface area contributed by atoms with Gasteiger partial charge >= 0.3 is 5.97 Å². The number of esters is 1. The van der Waals surface area contributed by atoms with Gasteiger partial charge in [-0.25, -0.2) is 4.79 Å². The predicted molar refractivity (Wildman–Crippen MR) is 91.5 cm³/mol. The Kier molecular flexibility index (Phi) is 3.56. The number of ether oxygens (including phenoxy) is 1. The molecule has 7 atom stereocenters. The average molecular weight is 350 g/mol. The minimum absolute atomic E-state index is 0.136. The van der Waals surface area contributed by atoms with Crippen LogP contribution in [0.5, 0.6) is 0 Å². The van der Waals surface area contributed by atoms with Gasteiger partial charge in [0.1, 0.15) is 17.8 Å². The molecule has 140 valence electrons. The molecule has 0 radical (unpaired) electrons. The standard InChI is InChI=1S/C20H30O5/c1-10-12-14(25-17(10)23)13(21)15-19(4)8-5-7-18(2,3)11(19)6-9-20(15,24)16(12)22/h11,13-16,21-22,24H,5-9H2,1-4H3/t11-,13+,14+,15?,16+,19-,20+/m1/s1. The summed E-state index contributed by atoms with van der Waals surface area (Å²) in [7, 11) is 0. The molecule has 3 saturated carbocycles. The fourth-order valence-corrected chi connectivity index (χ4v) is 7.01. The third kappa shape index (κ3) is 2.03. The minimum Gasteiger partial charge on any atom is -0.452 e. The molecule has 1 aliphatic heterocycles. The van der Waals surface area contributed by atoms with E-state index < -0.39 is 35.8 Å². The molecule has 1 unspecified atom stereocenters. The lowest BCUT2D eigenvalue weighted by Gasteiger charge is -2.65. The molecule has 4 rings (SSSR count). The van der Waals surface area contributed by atoms with E-state index in [2.05, 4.69) is 20.8 Å². The van der Waals surface area contributed by atoms with Gasteiger partial charge in [0.2, 0.25) is 0 Å². The highest BCUT2D eigenvalue weighted by atomic mass is 16.6. The molecule has 1 heterocycles.